The van der Waals surface area contributed by atoms with Crippen molar-refractivity contribution in [2.75, 3.05) is 31.2 Å². The van der Waals surface area contributed by atoms with Crippen LogP contribution >= 0.6 is 0 Å². The number of carbonyl (C=O) groups is 1. The zero-order valence-corrected chi connectivity index (χ0v) is 17.7. The molecule has 1 amide bonds. The predicted octanol–water partition coefficient (Wildman–Crippen LogP) is 2.15. The third kappa shape index (κ3) is 5.17. The van der Waals surface area contributed by atoms with Crippen LogP contribution in [-0.4, -0.2) is 55.8 Å². The minimum absolute atomic E-state index is 0.131. The van der Waals surface area contributed by atoms with Crippen LogP contribution in [0.15, 0.2) is 30.3 Å². The summed E-state index contributed by atoms with van der Waals surface area (Å²) in [6.07, 6.45) is 1.52. The number of sulfonamides is 1. The van der Waals surface area contributed by atoms with Crippen LogP contribution in [0.4, 0.5) is 24.5 Å². The molecule has 1 aliphatic rings. The van der Waals surface area contributed by atoms with Gasteiger partial charge in [-0.25, -0.2) is 26.3 Å². The number of nitrogens with zero attached hydrogens (tertiary/aromatic N) is 1. The highest BCUT2D eigenvalue weighted by molar-refractivity contribution is 7.88. The van der Waals surface area contributed by atoms with E-state index in [1.54, 1.807) is 6.07 Å². The molecule has 3 N–H and O–H groups in total. The van der Waals surface area contributed by atoms with Crippen molar-refractivity contribution >= 4 is 27.3 Å². The Bertz CT molecular complexity index is 1120. The monoisotopic (exact) mass is 457 g/mol. The number of aryl methyl sites for hydroxylation is 1. The first-order valence-electron chi connectivity index (χ1n) is 9.42. The molecule has 0 aromatic heterocycles. The minimum atomic E-state index is -3.53. The SMILES string of the molecule is CCc1ccc(Nc2c(C(=O)N3CC(O)(CNS(C)(=O)=O)C3)ccc(F)c2F)c(F)c1. The molecule has 0 unspecified atom stereocenters. The Labute approximate surface area is 177 Å². The number of hydrogen-bond donors (Lipinski definition) is 3. The molecule has 0 spiro atoms. The molecule has 2 aromatic rings. The van der Waals surface area contributed by atoms with Gasteiger partial charge in [-0.3, -0.25) is 4.79 Å². The van der Waals surface area contributed by atoms with E-state index in [1.165, 1.54) is 12.1 Å². The van der Waals surface area contributed by atoms with E-state index in [1.807, 2.05) is 6.92 Å². The second-order valence-corrected chi connectivity index (χ2v) is 9.39. The standard InChI is InChI=1S/C20H22F3N3O4S/c1-3-12-4-7-16(15(22)8-12)25-18-13(5-6-14(21)17(18)23)19(27)26-10-20(28,11-26)9-24-31(2,29)30/h4-8,24-25,28H,3,9-11H2,1-2H3. The molecule has 31 heavy (non-hydrogen) atoms. The predicted molar refractivity (Wildman–Crippen MR) is 109 cm³/mol. The summed E-state index contributed by atoms with van der Waals surface area (Å²) < 4.78 is 67.2. The molecule has 1 saturated heterocycles. The van der Waals surface area contributed by atoms with E-state index in [-0.39, 0.29) is 30.9 Å². The molecule has 0 saturated carbocycles. The van der Waals surface area contributed by atoms with Gasteiger partial charge in [-0.15, -0.1) is 0 Å². The number of likely N-dealkylation sites (tertiary alicyclic amines) is 1. The zero-order chi connectivity index (χ0) is 23.0. The van der Waals surface area contributed by atoms with E-state index in [2.05, 4.69) is 10.0 Å². The summed E-state index contributed by atoms with van der Waals surface area (Å²) in [6, 6.07) is 6.08. The number of amides is 1. The van der Waals surface area contributed by atoms with Crippen LogP contribution in [0.1, 0.15) is 22.8 Å². The van der Waals surface area contributed by atoms with Crippen molar-refractivity contribution in [2.24, 2.45) is 0 Å². The van der Waals surface area contributed by atoms with Gasteiger partial charge in [-0.2, -0.15) is 0 Å². The lowest BCUT2D eigenvalue weighted by molar-refractivity contribution is -0.0755. The summed E-state index contributed by atoms with van der Waals surface area (Å²) in [6.45, 7) is 1.11. The van der Waals surface area contributed by atoms with Crippen LogP contribution in [0.25, 0.3) is 0 Å². The number of benzene rings is 2. The van der Waals surface area contributed by atoms with Gasteiger partial charge in [-0.05, 0) is 36.2 Å². The van der Waals surface area contributed by atoms with Gasteiger partial charge in [0.1, 0.15) is 11.4 Å². The van der Waals surface area contributed by atoms with E-state index >= 15 is 0 Å². The number of halogens is 3. The number of β-amino-alcohol motifs (C(OH)–C–C–N with tert-alkyl or cyclic N) is 1. The molecule has 11 heteroatoms. The first kappa shape index (κ1) is 23.0. The fraction of sp³-hybridized carbons (Fsp3) is 0.350. The van der Waals surface area contributed by atoms with Crippen LogP contribution in [0.5, 0.6) is 0 Å². The third-order valence-electron chi connectivity index (χ3n) is 4.95. The lowest BCUT2D eigenvalue weighted by Crippen LogP contribution is -2.67. The Morgan fingerprint density at radius 1 is 1.16 bits per heavy atom. The summed E-state index contributed by atoms with van der Waals surface area (Å²) in [5.41, 5.74) is -1.68. The van der Waals surface area contributed by atoms with Crippen LogP contribution in [0, 0.1) is 17.5 Å². The van der Waals surface area contributed by atoms with Gasteiger partial charge in [0.15, 0.2) is 11.6 Å². The molecule has 1 heterocycles. The molecule has 1 fully saturated rings. The van der Waals surface area contributed by atoms with Crippen molar-refractivity contribution in [1.29, 1.82) is 0 Å². The molecule has 3 rings (SSSR count). The van der Waals surface area contributed by atoms with Gasteiger partial charge in [0.05, 0.1) is 36.3 Å². The van der Waals surface area contributed by atoms with Crippen LogP contribution in [0.3, 0.4) is 0 Å². The second kappa shape index (κ2) is 8.48. The third-order valence-corrected chi connectivity index (χ3v) is 5.62. The molecule has 2 aromatic carbocycles. The highest BCUT2D eigenvalue weighted by atomic mass is 32.2. The average molecular weight is 457 g/mol. The second-order valence-electron chi connectivity index (χ2n) is 7.56. The number of rotatable bonds is 7. The van der Waals surface area contributed by atoms with E-state index in [0.717, 1.165) is 23.3 Å². The quantitative estimate of drug-likeness (QED) is 0.592. The lowest BCUT2D eigenvalue weighted by Gasteiger charge is -2.46. The molecular weight excluding hydrogens is 435 g/mol. The summed E-state index contributed by atoms with van der Waals surface area (Å²) in [7, 11) is -3.53. The van der Waals surface area contributed by atoms with Gasteiger partial charge in [0.25, 0.3) is 5.91 Å². The van der Waals surface area contributed by atoms with Gasteiger partial charge in [0.2, 0.25) is 10.0 Å². The molecule has 0 bridgehead atoms. The fourth-order valence-corrected chi connectivity index (χ4v) is 3.75. The molecule has 1 aliphatic heterocycles. The Kier molecular flexibility index (Phi) is 6.30. The molecular formula is C20H22F3N3O4S. The highest BCUT2D eigenvalue weighted by Crippen LogP contribution is 2.31. The van der Waals surface area contributed by atoms with Crippen molar-refractivity contribution in [3.63, 3.8) is 0 Å². The number of hydrogen-bond acceptors (Lipinski definition) is 5. The van der Waals surface area contributed by atoms with Gasteiger partial charge in [-0.1, -0.05) is 13.0 Å². The number of aliphatic hydroxyl groups is 1. The van der Waals surface area contributed by atoms with Crippen LogP contribution in [0.2, 0.25) is 0 Å². The summed E-state index contributed by atoms with van der Waals surface area (Å²) >= 11 is 0. The van der Waals surface area contributed by atoms with Gasteiger partial charge in [0, 0.05) is 6.54 Å². The minimum Gasteiger partial charge on any atom is -0.385 e. The van der Waals surface area contributed by atoms with E-state index in [9.17, 15) is 31.5 Å². The Hall–Kier alpha value is -2.63. The largest absolute Gasteiger partial charge is 0.385 e. The van der Waals surface area contributed by atoms with E-state index in [0.29, 0.717) is 12.0 Å². The maximum Gasteiger partial charge on any atom is 0.256 e. The Morgan fingerprint density at radius 3 is 2.42 bits per heavy atom. The molecule has 0 radical (unpaired) electrons. The topological polar surface area (TPSA) is 98.7 Å². The first-order valence-corrected chi connectivity index (χ1v) is 11.3. The Balaban J connectivity index is 1.83. The molecule has 0 aliphatic carbocycles. The maximum atomic E-state index is 14.5. The van der Waals surface area contributed by atoms with E-state index in [4.69, 9.17) is 0 Å². The van der Waals surface area contributed by atoms with E-state index < -0.39 is 44.7 Å². The highest BCUT2D eigenvalue weighted by Gasteiger charge is 2.44. The number of carbonyl (C=O) groups excluding carboxylic acids is 1. The first-order chi connectivity index (χ1) is 14.4. The molecule has 7 nitrogen and oxygen atoms in total. The average Bonchev–Trinajstić information content (AvgIpc) is 2.68. The Morgan fingerprint density at radius 2 is 1.84 bits per heavy atom. The van der Waals surface area contributed by atoms with Crippen LogP contribution < -0.4 is 10.0 Å². The number of nitrogens with one attached hydrogen (secondary N) is 2. The zero-order valence-electron chi connectivity index (χ0n) is 16.9. The molecule has 168 valence electrons. The van der Waals surface area contributed by atoms with Crippen molar-refractivity contribution in [1.82, 2.24) is 9.62 Å². The smallest absolute Gasteiger partial charge is 0.256 e. The fourth-order valence-electron chi connectivity index (χ4n) is 3.22. The summed E-state index contributed by atoms with van der Waals surface area (Å²) in [5.74, 6) is -3.98. The normalized spacial score (nSPS) is 15.5. The van der Waals surface area contributed by atoms with Crippen molar-refractivity contribution in [3.8, 4) is 0 Å². The van der Waals surface area contributed by atoms with Crippen molar-refractivity contribution < 1.29 is 31.5 Å². The van der Waals surface area contributed by atoms with Crippen molar-refractivity contribution in [3.05, 3.63) is 58.9 Å². The summed E-state index contributed by atoms with van der Waals surface area (Å²) in [5, 5.41) is 12.8. The van der Waals surface area contributed by atoms with Crippen LogP contribution in [-0.2, 0) is 16.4 Å². The number of anilines is 2. The maximum absolute atomic E-state index is 14.5. The van der Waals surface area contributed by atoms with Gasteiger partial charge >= 0.3 is 0 Å². The van der Waals surface area contributed by atoms with Crippen molar-refractivity contribution in [2.45, 2.75) is 18.9 Å². The molecule has 0 atom stereocenters. The van der Waals surface area contributed by atoms with Gasteiger partial charge < -0.3 is 15.3 Å². The lowest BCUT2D eigenvalue weighted by atomic mass is 9.93. The summed E-state index contributed by atoms with van der Waals surface area (Å²) in [4.78, 5) is 14.0.